The molecule has 1 N–H and O–H groups in total. The first-order chi connectivity index (χ1) is 9.61. The fraction of sp³-hybridized carbons (Fsp3) is 0.286. The number of hydrogen-bond acceptors (Lipinski definition) is 4. The van der Waals surface area contributed by atoms with E-state index in [0.29, 0.717) is 5.88 Å². The van der Waals surface area contributed by atoms with Crippen LogP contribution in [-0.4, -0.2) is 16.5 Å². The summed E-state index contributed by atoms with van der Waals surface area (Å²) < 4.78 is 7.57. The quantitative estimate of drug-likeness (QED) is 0.773. The van der Waals surface area contributed by atoms with Gasteiger partial charge in [-0.2, -0.15) is 0 Å². The van der Waals surface area contributed by atoms with Gasteiger partial charge in [0.05, 0.1) is 0 Å². The van der Waals surface area contributed by atoms with E-state index in [4.69, 9.17) is 4.74 Å². The van der Waals surface area contributed by atoms with E-state index in [0.717, 1.165) is 39.0 Å². The second-order valence-corrected chi connectivity index (χ2v) is 5.99. The lowest BCUT2D eigenvalue weighted by molar-refractivity contribution is 0.455. The smallest absolute Gasteiger partial charge is 0.238 e. The zero-order valence-corrected chi connectivity index (χ0v) is 14.5. The summed E-state index contributed by atoms with van der Waals surface area (Å²) in [5, 5.41) is 3.23. The molecular weight excluding hydrogens is 386 g/mol. The van der Waals surface area contributed by atoms with E-state index >= 15 is 0 Å². The van der Waals surface area contributed by atoms with E-state index in [-0.39, 0.29) is 0 Å². The second-order valence-electron chi connectivity index (χ2n) is 4.28. The van der Waals surface area contributed by atoms with E-state index in [1.807, 2.05) is 25.1 Å². The minimum absolute atomic E-state index is 0.500. The standard InChI is InChI=1S/C14H15Br2N3O/c1-3-6-17-13-12(16)14(19-8-18-13)20-11-7-10(15)5-4-9(11)2/h4-5,7-8H,3,6H2,1-2H3,(H,17,18,19). The van der Waals surface area contributed by atoms with Crippen LogP contribution >= 0.6 is 31.9 Å². The predicted octanol–water partition coefficient (Wildman–Crippen LogP) is 4.92. The summed E-state index contributed by atoms with van der Waals surface area (Å²) in [6.07, 6.45) is 2.52. The van der Waals surface area contributed by atoms with Crippen LogP contribution in [0.25, 0.3) is 0 Å². The molecule has 0 saturated heterocycles. The Bertz CT molecular complexity index is 605. The van der Waals surface area contributed by atoms with Crippen molar-refractivity contribution in [2.75, 3.05) is 11.9 Å². The van der Waals surface area contributed by atoms with Crippen LogP contribution in [0, 0.1) is 6.92 Å². The summed E-state index contributed by atoms with van der Waals surface area (Å²) in [6.45, 7) is 4.95. The van der Waals surface area contributed by atoms with Gasteiger partial charge in [0.1, 0.15) is 22.4 Å². The molecular formula is C14H15Br2N3O. The van der Waals surface area contributed by atoms with Gasteiger partial charge in [0.2, 0.25) is 5.88 Å². The first-order valence-corrected chi connectivity index (χ1v) is 7.88. The van der Waals surface area contributed by atoms with Crippen molar-refractivity contribution in [3.8, 4) is 11.6 Å². The molecule has 0 unspecified atom stereocenters. The molecule has 0 atom stereocenters. The lowest BCUT2D eigenvalue weighted by atomic mass is 10.2. The van der Waals surface area contributed by atoms with Gasteiger partial charge in [-0.1, -0.05) is 28.9 Å². The summed E-state index contributed by atoms with van der Waals surface area (Å²) in [5.41, 5.74) is 1.04. The van der Waals surface area contributed by atoms with Crippen LogP contribution in [0.1, 0.15) is 18.9 Å². The summed E-state index contributed by atoms with van der Waals surface area (Å²) in [5.74, 6) is 2.00. The van der Waals surface area contributed by atoms with Crippen LogP contribution in [0.15, 0.2) is 33.5 Å². The highest BCUT2D eigenvalue weighted by Gasteiger charge is 2.11. The van der Waals surface area contributed by atoms with Crippen LogP contribution in [0.3, 0.4) is 0 Å². The van der Waals surface area contributed by atoms with Gasteiger partial charge in [-0.3, -0.25) is 0 Å². The van der Waals surface area contributed by atoms with Crippen LogP contribution in [0.4, 0.5) is 5.82 Å². The third-order valence-electron chi connectivity index (χ3n) is 2.66. The topological polar surface area (TPSA) is 47.0 Å². The minimum atomic E-state index is 0.500. The van der Waals surface area contributed by atoms with Crippen molar-refractivity contribution in [2.24, 2.45) is 0 Å². The molecule has 1 aromatic heterocycles. The Morgan fingerprint density at radius 3 is 2.80 bits per heavy atom. The molecule has 2 aromatic rings. The number of aryl methyl sites for hydroxylation is 1. The number of aromatic nitrogens is 2. The summed E-state index contributed by atoms with van der Waals surface area (Å²) in [6, 6.07) is 5.89. The zero-order chi connectivity index (χ0) is 14.5. The maximum atomic E-state index is 5.87. The molecule has 2 rings (SSSR count). The molecule has 1 aromatic carbocycles. The highest BCUT2D eigenvalue weighted by molar-refractivity contribution is 9.11. The molecule has 0 spiro atoms. The SMILES string of the molecule is CCCNc1ncnc(Oc2cc(Br)ccc2C)c1Br. The molecule has 0 saturated carbocycles. The first-order valence-electron chi connectivity index (χ1n) is 6.30. The molecule has 0 aliphatic heterocycles. The predicted molar refractivity (Wildman–Crippen MR) is 87.5 cm³/mol. The van der Waals surface area contributed by atoms with Gasteiger partial charge < -0.3 is 10.1 Å². The summed E-state index contributed by atoms with van der Waals surface area (Å²) in [7, 11) is 0. The number of anilines is 1. The van der Waals surface area contributed by atoms with Crippen molar-refractivity contribution in [1.29, 1.82) is 0 Å². The number of hydrogen-bond donors (Lipinski definition) is 1. The molecule has 1 heterocycles. The number of rotatable bonds is 5. The first kappa shape index (κ1) is 15.3. The van der Waals surface area contributed by atoms with E-state index in [2.05, 4.69) is 54.1 Å². The Labute approximate surface area is 135 Å². The number of halogens is 2. The van der Waals surface area contributed by atoms with Gasteiger partial charge >= 0.3 is 0 Å². The molecule has 0 radical (unpaired) electrons. The lowest BCUT2D eigenvalue weighted by Gasteiger charge is -2.12. The largest absolute Gasteiger partial charge is 0.437 e. The van der Waals surface area contributed by atoms with Gasteiger partial charge in [-0.05, 0) is 47.0 Å². The average Bonchev–Trinajstić information content (AvgIpc) is 2.44. The number of nitrogens with one attached hydrogen (secondary N) is 1. The van der Waals surface area contributed by atoms with Gasteiger partial charge in [0, 0.05) is 11.0 Å². The van der Waals surface area contributed by atoms with E-state index in [9.17, 15) is 0 Å². The average molecular weight is 401 g/mol. The third-order valence-corrected chi connectivity index (χ3v) is 3.86. The van der Waals surface area contributed by atoms with Gasteiger partial charge in [-0.25, -0.2) is 9.97 Å². The normalized spacial score (nSPS) is 10.4. The molecule has 0 aliphatic rings. The Balaban J connectivity index is 2.27. The fourth-order valence-corrected chi connectivity index (χ4v) is 2.35. The Kier molecular flexibility index (Phi) is 5.37. The highest BCUT2D eigenvalue weighted by Crippen LogP contribution is 2.34. The molecule has 0 amide bonds. The molecule has 0 fully saturated rings. The van der Waals surface area contributed by atoms with Gasteiger partial charge in [0.15, 0.2) is 0 Å². The van der Waals surface area contributed by atoms with E-state index < -0.39 is 0 Å². The van der Waals surface area contributed by atoms with E-state index in [1.54, 1.807) is 0 Å². The molecule has 106 valence electrons. The molecule has 4 nitrogen and oxygen atoms in total. The van der Waals surface area contributed by atoms with Crippen LogP contribution in [-0.2, 0) is 0 Å². The molecule has 20 heavy (non-hydrogen) atoms. The van der Waals surface area contributed by atoms with Gasteiger partial charge in [0.25, 0.3) is 0 Å². The number of benzene rings is 1. The monoisotopic (exact) mass is 399 g/mol. The van der Waals surface area contributed by atoms with Crippen molar-refractivity contribution < 1.29 is 4.74 Å². The fourth-order valence-electron chi connectivity index (χ4n) is 1.58. The summed E-state index contributed by atoms with van der Waals surface area (Å²) >= 11 is 6.93. The Morgan fingerprint density at radius 1 is 1.25 bits per heavy atom. The van der Waals surface area contributed by atoms with Crippen molar-refractivity contribution >= 4 is 37.7 Å². The molecule has 0 aliphatic carbocycles. The zero-order valence-electron chi connectivity index (χ0n) is 11.3. The van der Waals surface area contributed by atoms with Gasteiger partial charge in [-0.15, -0.1) is 0 Å². The Hall–Kier alpha value is -1.14. The highest BCUT2D eigenvalue weighted by atomic mass is 79.9. The van der Waals surface area contributed by atoms with Crippen molar-refractivity contribution in [2.45, 2.75) is 20.3 Å². The van der Waals surface area contributed by atoms with Crippen molar-refractivity contribution in [3.05, 3.63) is 39.0 Å². The van der Waals surface area contributed by atoms with Crippen molar-refractivity contribution in [1.82, 2.24) is 9.97 Å². The lowest BCUT2D eigenvalue weighted by Crippen LogP contribution is -2.04. The second kappa shape index (κ2) is 7.04. The maximum absolute atomic E-state index is 5.87. The van der Waals surface area contributed by atoms with Crippen molar-refractivity contribution in [3.63, 3.8) is 0 Å². The minimum Gasteiger partial charge on any atom is -0.437 e. The van der Waals surface area contributed by atoms with Crippen LogP contribution in [0.2, 0.25) is 0 Å². The molecule has 0 bridgehead atoms. The molecule has 6 heteroatoms. The van der Waals surface area contributed by atoms with Crippen LogP contribution in [0.5, 0.6) is 11.6 Å². The maximum Gasteiger partial charge on any atom is 0.238 e. The van der Waals surface area contributed by atoms with Crippen LogP contribution < -0.4 is 10.1 Å². The number of ether oxygens (including phenoxy) is 1. The third kappa shape index (κ3) is 3.70. The number of nitrogens with zero attached hydrogens (tertiary/aromatic N) is 2. The Morgan fingerprint density at radius 2 is 2.05 bits per heavy atom. The summed E-state index contributed by atoms with van der Waals surface area (Å²) in [4.78, 5) is 8.38. The van der Waals surface area contributed by atoms with E-state index in [1.165, 1.54) is 6.33 Å².